The third kappa shape index (κ3) is 3.88. The Hall–Kier alpha value is -3.60. The molecule has 2 aromatic carbocycles. The van der Waals surface area contributed by atoms with Crippen molar-refractivity contribution in [3.05, 3.63) is 58.3 Å². The summed E-state index contributed by atoms with van der Waals surface area (Å²) in [6.45, 7) is 0. The molecule has 0 aliphatic rings. The number of hydrogen-bond donors (Lipinski definition) is 3. The number of hydrogen-bond acceptors (Lipinski definition) is 9. The van der Waals surface area contributed by atoms with E-state index in [4.69, 9.17) is 0 Å². The molecule has 0 aliphatic heterocycles. The van der Waals surface area contributed by atoms with E-state index in [1.807, 2.05) is 0 Å². The number of benzene rings is 2. The fourth-order valence-corrected chi connectivity index (χ4v) is 2.64. The minimum absolute atomic E-state index is 0.0700. The van der Waals surface area contributed by atoms with Crippen LogP contribution >= 0.6 is 15.9 Å². The summed E-state index contributed by atoms with van der Waals surface area (Å²) in [4.78, 5) is 8.54. The van der Waals surface area contributed by atoms with Crippen molar-refractivity contribution < 1.29 is 14.1 Å². The van der Waals surface area contributed by atoms with Gasteiger partial charge in [-0.2, -0.15) is 10.1 Å². The third-order valence-corrected chi connectivity index (χ3v) is 4.08. The third-order valence-electron chi connectivity index (χ3n) is 3.58. The predicted octanol–water partition coefficient (Wildman–Crippen LogP) is 3.81. The molecule has 140 valence electrons. The number of phenolic OH excluding ortho intramolecular Hbond substituents is 1. The highest BCUT2D eigenvalue weighted by Crippen LogP contribution is 2.24. The topological polar surface area (TPSA) is 121 Å². The van der Waals surface area contributed by atoms with E-state index >= 15 is 0 Å². The van der Waals surface area contributed by atoms with Crippen LogP contribution in [0.3, 0.4) is 0 Å². The van der Waals surface area contributed by atoms with Crippen molar-refractivity contribution in [2.45, 2.75) is 0 Å². The van der Waals surface area contributed by atoms with Crippen LogP contribution in [0.5, 0.6) is 5.75 Å². The molecule has 2 heterocycles. The molecule has 2 aromatic heterocycles. The molecule has 0 radical (unpaired) electrons. The first-order chi connectivity index (χ1) is 13.6. The largest absolute Gasteiger partial charge is 0.507 e. The van der Waals surface area contributed by atoms with E-state index < -0.39 is 0 Å². The van der Waals surface area contributed by atoms with Gasteiger partial charge in [-0.25, -0.2) is 14.0 Å². The van der Waals surface area contributed by atoms with E-state index in [2.05, 4.69) is 56.7 Å². The van der Waals surface area contributed by atoms with Crippen LogP contribution in [0.4, 0.5) is 21.7 Å². The Bertz CT molecular complexity index is 1160. The van der Waals surface area contributed by atoms with Gasteiger partial charge < -0.3 is 10.4 Å². The standard InChI is InChI=1S/C17H11BrFN7O2/c18-10-1-6-13(27)9(7-10)8-20-24-15-14(21-12-4-2-11(19)3-5-12)22-16-17(23-15)26-28-25-16/h1-8,27H,(H,21,22,25)(H,23,24,26). The van der Waals surface area contributed by atoms with Gasteiger partial charge >= 0.3 is 0 Å². The molecule has 4 aromatic rings. The Kier molecular flexibility index (Phi) is 4.81. The van der Waals surface area contributed by atoms with Crippen LogP contribution in [0.1, 0.15) is 5.56 Å². The van der Waals surface area contributed by atoms with Crippen molar-refractivity contribution in [3.63, 3.8) is 0 Å². The summed E-state index contributed by atoms with van der Waals surface area (Å²) >= 11 is 3.33. The molecular formula is C17H11BrFN7O2. The zero-order valence-electron chi connectivity index (χ0n) is 14.0. The Morgan fingerprint density at radius 1 is 1.04 bits per heavy atom. The highest BCUT2D eigenvalue weighted by Gasteiger charge is 2.13. The number of hydrazone groups is 1. The molecule has 0 unspecified atom stereocenters. The van der Waals surface area contributed by atoms with E-state index in [0.717, 1.165) is 4.47 Å². The van der Waals surface area contributed by atoms with Gasteiger partial charge in [-0.15, -0.1) is 0 Å². The number of nitrogens with one attached hydrogen (secondary N) is 2. The number of anilines is 3. The fourth-order valence-electron chi connectivity index (χ4n) is 2.26. The van der Waals surface area contributed by atoms with Gasteiger partial charge in [0.05, 0.1) is 6.21 Å². The quantitative estimate of drug-likeness (QED) is 0.314. The zero-order chi connectivity index (χ0) is 19.5. The van der Waals surface area contributed by atoms with Crippen LogP contribution in [0.15, 0.2) is 56.7 Å². The Labute approximate surface area is 165 Å². The highest BCUT2D eigenvalue weighted by atomic mass is 79.9. The van der Waals surface area contributed by atoms with E-state index in [9.17, 15) is 9.50 Å². The van der Waals surface area contributed by atoms with Crippen molar-refractivity contribution in [1.29, 1.82) is 0 Å². The van der Waals surface area contributed by atoms with Gasteiger partial charge in [0, 0.05) is 15.7 Å². The molecule has 0 amide bonds. The molecule has 0 spiro atoms. The van der Waals surface area contributed by atoms with E-state index in [1.54, 1.807) is 30.3 Å². The summed E-state index contributed by atoms with van der Waals surface area (Å²) in [5, 5.41) is 24.3. The second kappa shape index (κ2) is 7.56. The number of phenols is 1. The maximum Gasteiger partial charge on any atom is 0.245 e. The molecule has 0 saturated heterocycles. The van der Waals surface area contributed by atoms with Crippen LogP contribution < -0.4 is 10.7 Å². The van der Waals surface area contributed by atoms with Gasteiger partial charge in [-0.3, -0.25) is 5.43 Å². The maximum atomic E-state index is 13.1. The summed E-state index contributed by atoms with van der Waals surface area (Å²) in [6.07, 6.45) is 1.43. The van der Waals surface area contributed by atoms with Crippen LogP contribution in [0.2, 0.25) is 0 Å². The average molecular weight is 444 g/mol. The van der Waals surface area contributed by atoms with Crippen LogP contribution in [0, 0.1) is 5.82 Å². The van der Waals surface area contributed by atoms with Gasteiger partial charge in [0.1, 0.15) is 11.6 Å². The van der Waals surface area contributed by atoms with Gasteiger partial charge in [-0.05, 0) is 52.8 Å². The van der Waals surface area contributed by atoms with Crippen molar-refractivity contribution in [3.8, 4) is 5.75 Å². The minimum Gasteiger partial charge on any atom is -0.507 e. The van der Waals surface area contributed by atoms with Gasteiger partial charge in [-0.1, -0.05) is 15.9 Å². The first-order valence-electron chi connectivity index (χ1n) is 7.89. The molecule has 0 aliphatic carbocycles. The number of aromatic nitrogens is 4. The SMILES string of the molecule is Oc1ccc(Br)cc1C=NNc1nc2nonc2nc1Nc1ccc(F)cc1. The smallest absolute Gasteiger partial charge is 0.245 e. The Morgan fingerprint density at radius 2 is 1.75 bits per heavy atom. The van der Waals surface area contributed by atoms with E-state index in [0.29, 0.717) is 11.3 Å². The first kappa shape index (κ1) is 17.8. The first-order valence-corrected chi connectivity index (χ1v) is 8.68. The Balaban J connectivity index is 1.63. The van der Waals surface area contributed by atoms with Gasteiger partial charge in [0.2, 0.25) is 11.3 Å². The van der Waals surface area contributed by atoms with E-state index in [-0.39, 0.29) is 34.5 Å². The number of aromatic hydroxyl groups is 1. The molecule has 4 rings (SSSR count). The zero-order valence-corrected chi connectivity index (χ0v) is 15.6. The highest BCUT2D eigenvalue weighted by molar-refractivity contribution is 9.10. The lowest BCUT2D eigenvalue weighted by Gasteiger charge is -2.09. The number of nitrogens with zero attached hydrogens (tertiary/aromatic N) is 5. The summed E-state index contributed by atoms with van der Waals surface area (Å²) in [5.41, 5.74) is 4.21. The van der Waals surface area contributed by atoms with Crippen LogP contribution in [-0.4, -0.2) is 31.6 Å². The van der Waals surface area contributed by atoms with Gasteiger partial charge in [0.15, 0.2) is 11.6 Å². The molecule has 11 heteroatoms. The lowest BCUT2D eigenvalue weighted by atomic mass is 10.2. The number of rotatable bonds is 5. The van der Waals surface area contributed by atoms with E-state index in [1.165, 1.54) is 18.3 Å². The average Bonchev–Trinajstić information content (AvgIpc) is 3.13. The molecule has 0 fully saturated rings. The van der Waals surface area contributed by atoms with Crippen molar-refractivity contribution in [2.24, 2.45) is 5.10 Å². The molecule has 0 bridgehead atoms. The second-order valence-corrected chi connectivity index (χ2v) is 6.45. The summed E-state index contributed by atoms with van der Waals surface area (Å²) in [6, 6.07) is 10.7. The lowest BCUT2D eigenvalue weighted by Crippen LogP contribution is -2.03. The number of fused-ring (bicyclic) bond motifs is 1. The second-order valence-electron chi connectivity index (χ2n) is 5.54. The molecule has 3 N–H and O–H groups in total. The summed E-state index contributed by atoms with van der Waals surface area (Å²) < 4.78 is 18.5. The van der Waals surface area contributed by atoms with Crippen molar-refractivity contribution in [2.75, 3.05) is 10.7 Å². The van der Waals surface area contributed by atoms with Crippen LogP contribution in [0.25, 0.3) is 11.3 Å². The lowest BCUT2D eigenvalue weighted by molar-refractivity contribution is 0.314. The molecule has 28 heavy (non-hydrogen) atoms. The maximum absolute atomic E-state index is 13.1. The molecule has 0 atom stereocenters. The minimum atomic E-state index is -0.357. The monoisotopic (exact) mass is 443 g/mol. The predicted molar refractivity (Wildman–Crippen MR) is 104 cm³/mol. The van der Waals surface area contributed by atoms with Crippen molar-refractivity contribution in [1.82, 2.24) is 20.3 Å². The van der Waals surface area contributed by atoms with Crippen molar-refractivity contribution >= 4 is 50.8 Å². The summed E-state index contributed by atoms with van der Waals surface area (Å²) in [5.74, 6) is 0.230. The normalized spacial score (nSPS) is 11.2. The van der Waals surface area contributed by atoms with Gasteiger partial charge in [0.25, 0.3) is 0 Å². The Morgan fingerprint density at radius 3 is 2.50 bits per heavy atom. The fraction of sp³-hybridized carbons (Fsp3) is 0. The number of halogens is 2. The van der Waals surface area contributed by atoms with Crippen LogP contribution in [-0.2, 0) is 0 Å². The molecule has 0 saturated carbocycles. The molecular weight excluding hydrogens is 433 g/mol. The summed E-state index contributed by atoms with van der Waals surface area (Å²) in [7, 11) is 0. The molecule has 9 nitrogen and oxygen atoms in total.